The highest BCUT2D eigenvalue weighted by Gasteiger charge is 2.12. The molecule has 1 amide bonds. The number of rotatable bonds is 4. The van der Waals surface area contributed by atoms with Gasteiger partial charge in [-0.25, -0.2) is 0 Å². The molecule has 0 aliphatic rings. The fourth-order valence-electron chi connectivity index (χ4n) is 2.40. The maximum absolute atomic E-state index is 12.4. The Labute approximate surface area is 132 Å². The molecular weight excluding hydrogens is 292 g/mol. The second kappa shape index (κ2) is 6.36. The molecule has 1 heterocycles. The number of benzene rings is 2. The second-order valence-electron chi connectivity index (χ2n) is 5.11. The number of pyridine rings is 1. The summed E-state index contributed by atoms with van der Waals surface area (Å²) in [6.45, 7) is 0.322. The Morgan fingerprint density at radius 1 is 1.17 bits per heavy atom. The maximum Gasteiger partial charge on any atom is 0.257 e. The van der Waals surface area contributed by atoms with Gasteiger partial charge >= 0.3 is 0 Å². The maximum atomic E-state index is 12.4. The van der Waals surface area contributed by atoms with Gasteiger partial charge in [-0.2, -0.15) is 0 Å². The molecule has 0 aliphatic carbocycles. The Morgan fingerprint density at radius 3 is 2.83 bits per heavy atom. The molecule has 0 saturated heterocycles. The molecule has 0 radical (unpaired) electrons. The molecule has 23 heavy (non-hydrogen) atoms. The number of para-hydroxylation sites is 1. The molecule has 0 atom stereocenters. The third-order valence-corrected chi connectivity index (χ3v) is 3.62. The van der Waals surface area contributed by atoms with E-state index in [1.165, 1.54) is 6.20 Å². The standard InChI is InChI=1S/C18H16N2O3/c1-23-13-6-4-5-12(9-13)10-20-18(22)15-11-19-16-8-3-2-7-14(16)17(15)21/h2-9,11H,10H2,1H3,(H,19,21)(H,20,22). The lowest BCUT2D eigenvalue weighted by Gasteiger charge is -2.07. The van der Waals surface area contributed by atoms with Gasteiger partial charge in [-0.1, -0.05) is 24.3 Å². The van der Waals surface area contributed by atoms with Crippen molar-refractivity contribution in [3.63, 3.8) is 0 Å². The fourth-order valence-corrected chi connectivity index (χ4v) is 2.40. The van der Waals surface area contributed by atoms with E-state index in [1.54, 1.807) is 25.3 Å². The monoisotopic (exact) mass is 308 g/mol. The minimum atomic E-state index is -0.403. The van der Waals surface area contributed by atoms with E-state index in [2.05, 4.69) is 10.3 Å². The predicted molar refractivity (Wildman–Crippen MR) is 88.7 cm³/mol. The number of methoxy groups -OCH3 is 1. The van der Waals surface area contributed by atoms with E-state index in [1.807, 2.05) is 30.3 Å². The number of fused-ring (bicyclic) bond motifs is 1. The molecule has 2 N–H and O–H groups in total. The van der Waals surface area contributed by atoms with E-state index in [0.717, 1.165) is 11.3 Å². The summed E-state index contributed by atoms with van der Waals surface area (Å²) in [6.07, 6.45) is 1.45. The Hall–Kier alpha value is -3.08. The molecule has 2 aromatic carbocycles. The molecule has 0 saturated carbocycles. The van der Waals surface area contributed by atoms with E-state index < -0.39 is 5.91 Å². The van der Waals surface area contributed by atoms with Crippen LogP contribution in [0, 0.1) is 0 Å². The van der Waals surface area contributed by atoms with Crippen LogP contribution in [0.2, 0.25) is 0 Å². The van der Waals surface area contributed by atoms with Gasteiger partial charge in [0.15, 0.2) is 0 Å². The van der Waals surface area contributed by atoms with E-state index in [-0.39, 0.29) is 11.0 Å². The Morgan fingerprint density at radius 2 is 2.00 bits per heavy atom. The van der Waals surface area contributed by atoms with Gasteiger partial charge in [-0.15, -0.1) is 0 Å². The van der Waals surface area contributed by atoms with Gasteiger partial charge in [0.2, 0.25) is 5.43 Å². The number of nitrogens with one attached hydrogen (secondary N) is 2. The zero-order chi connectivity index (χ0) is 16.2. The minimum Gasteiger partial charge on any atom is -0.497 e. The molecule has 0 bridgehead atoms. The Balaban J connectivity index is 1.81. The van der Waals surface area contributed by atoms with Crippen LogP contribution in [0.15, 0.2) is 59.5 Å². The third kappa shape index (κ3) is 3.08. The van der Waals surface area contributed by atoms with Crippen molar-refractivity contribution in [2.45, 2.75) is 6.54 Å². The Kier molecular flexibility index (Phi) is 4.10. The van der Waals surface area contributed by atoms with Crippen LogP contribution in [-0.4, -0.2) is 18.0 Å². The summed E-state index contributed by atoms with van der Waals surface area (Å²) in [5, 5.41) is 3.26. The van der Waals surface area contributed by atoms with Crippen LogP contribution < -0.4 is 15.5 Å². The fraction of sp³-hybridized carbons (Fsp3) is 0.111. The van der Waals surface area contributed by atoms with Crippen LogP contribution in [-0.2, 0) is 6.54 Å². The summed E-state index contributed by atoms with van der Waals surface area (Å²) >= 11 is 0. The Bertz CT molecular complexity index is 915. The summed E-state index contributed by atoms with van der Waals surface area (Å²) in [6, 6.07) is 14.5. The van der Waals surface area contributed by atoms with E-state index in [0.29, 0.717) is 17.4 Å². The number of ether oxygens (including phenoxy) is 1. The molecular formula is C18H16N2O3. The average molecular weight is 308 g/mol. The molecule has 3 rings (SSSR count). The molecule has 0 aliphatic heterocycles. The quantitative estimate of drug-likeness (QED) is 0.778. The van der Waals surface area contributed by atoms with Crippen molar-refractivity contribution in [3.8, 4) is 5.75 Å². The van der Waals surface area contributed by atoms with Gasteiger partial charge in [0, 0.05) is 23.6 Å². The molecule has 1 aromatic heterocycles. The number of hydrogen-bond acceptors (Lipinski definition) is 3. The van der Waals surface area contributed by atoms with E-state index in [4.69, 9.17) is 4.74 Å². The average Bonchev–Trinajstić information content (AvgIpc) is 2.60. The van der Waals surface area contributed by atoms with Gasteiger partial charge < -0.3 is 15.0 Å². The number of carbonyl (C=O) groups is 1. The molecule has 3 aromatic rings. The van der Waals surface area contributed by atoms with Crippen molar-refractivity contribution >= 4 is 16.8 Å². The van der Waals surface area contributed by atoms with Gasteiger partial charge in [0.05, 0.1) is 7.11 Å². The summed E-state index contributed by atoms with van der Waals surface area (Å²) < 4.78 is 5.15. The highest BCUT2D eigenvalue weighted by Crippen LogP contribution is 2.12. The van der Waals surface area contributed by atoms with Crippen molar-refractivity contribution in [1.82, 2.24) is 10.3 Å². The van der Waals surface area contributed by atoms with Crippen molar-refractivity contribution in [2.24, 2.45) is 0 Å². The van der Waals surface area contributed by atoms with Crippen molar-refractivity contribution in [2.75, 3.05) is 7.11 Å². The molecule has 0 unspecified atom stereocenters. The number of H-pyrrole nitrogens is 1. The first-order valence-corrected chi connectivity index (χ1v) is 7.20. The minimum absolute atomic E-state index is 0.103. The molecule has 116 valence electrons. The molecule has 0 spiro atoms. The zero-order valence-electron chi connectivity index (χ0n) is 12.6. The number of aromatic amines is 1. The summed E-state index contributed by atoms with van der Waals surface area (Å²) in [4.78, 5) is 27.6. The topological polar surface area (TPSA) is 71.2 Å². The van der Waals surface area contributed by atoms with Crippen LogP contribution in [0.4, 0.5) is 0 Å². The van der Waals surface area contributed by atoms with Crippen molar-refractivity contribution in [1.29, 1.82) is 0 Å². The van der Waals surface area contributed by atoms with Crippen LogP contribution >= 0.6 is 0 Å². The van der Waals surface area contributed by atoms with E-state index in [9.17, 15) is 9.59 Å². The van der Waals surface area contributed by atoms with Crippen LogP contribution in [0.3, 0.4) is 0 Å². The largest absolute Gasteiger partial charge is 0.497 e. The summed E-state index contributed by atoms with van der Waals surface area (Å²) in [5.74, 6) is 0.320. The second-order valence-corrected chi connectivity index (χ2v) is 5.11. The molecule has 5 nitrogen and oxygen atoms in total. The van der Waals surface area contributed by atoms with Crippen LogP contribution in [0.1, 0.15) is 15.9 Å². The van der Waals surface area contributed by atoms with Crippen LogP contribution in [0.5, 0.6) is 5.75 Å². The van der Waals surface area contributed by atoms with Crippen molar-refractivity contribution < 1.29 is 9.53 Å². The lowest BCUT2D eigenvalue weighted by atomic mass is 10.1. The van der Waals surface area contributed by atoms with Crippen molar-refractivity contribution in [3.05, 3.63) is 76.1 Å². The normalized spacial score (nSPS) is 10.5. The van der Waals surface area contributed by atoms with Gasteiger partial charge in [-0.3, -0.25) is 9.59 Å². The SMILES string of the molecule is COc1cccc(CNC(=O)c2c[nH]c3ccccc3c2=O)c1. The predicted octanol–water partition coefficient (Wildman–Crippen LogP) is 2.47. The lowest BCUT2D eigenvalue weighted by Crippen LogP contribution is -2.28. The smallest absolute Gasteiger partial charge is 0.257 e. The summed E-state index contributed by atoms with van der Waals surface area (Å²) in [7, 11) is 1.59. The first-order chi connectivity index (χ1) is 11.2. The molecule has 0 fully saturated rings. The zero-order valence-corrected chi connectivity index (χ0v) is 12.6. The highest BCUT2D eigenvalue weighted by molar-refractivity contribution is 5.97. The highest BCUT2D eigenvalue weighted by atomic mass is 16.5. The number of aromatic nitrogens is 1. The number of carbonyl (C=O) groups excluding carboxylic acids is 1. The first kappa shape index (κ1) is 14.8. The first-order valence-electron chi connectivity index (χ1n) is 7.20. The van der Waals surface area contributed by atoms with Crippen LogP contribution in [0.25, 0.3) is 10.9 Å². The number of amides is 1. The van der Waals surface area contributed by atoms with Gasteiger partial charge in [0.25, 0.3) is 5.91 Å². The van der Waals surface area contributed by atoms with Gasteiger partial charge in [-0.05, 0) is 29.8 Å². The summed E-state index contributed by atoms with van der Waals surface area (Å²) in [5.41, 5.74) is 1.44. The third-order valence-electron chi connectivity index (χ3n) is 3.62. The van der Waals surface area contributed by atoms with E-state index >= 15 is 0 Å². The lowest BCUT2D eigenvalue weighted by molar-refractivity contribution is 0.0949. The number of hydrogen-bond donors (Lipinski definition) is 2. The molecule has 5 heteroatoms. The van der Waals surface area contributed by atoms with Gasteiger partial charge in [0.1, 0.15) is 11.3 Å².